The molecule has 330 valence electrons. The molecule has 0 saturated carbocycles. The molecule has 2 heterocycles. The Labute approximate surface area is 402 Å². The molecule has 0 spiro atoms. The van der Waals surface area contributed by atoms with E-state index in [0.717, 1.165) is 66.0 Å². The van der Waals surface area contributed by atoms with Gasteiger partial charge in [0.15, 0.2) is 17.5 Å². The molecular weight excluding hydrogens is 839 g/mol. The average molecular weight is 888 g/mol. The molecule has 9 aromatic rings. The van der Waals surface area contributed by atoms with Crippen LogP contribution in [0.2, 0.25) is 0 Å². The Balaban J connectivity index is 1.03. The predicted octanol–water partition coefficient (Wildman–Crippen LogP) is 13.6. The van der Waals surface area contributed by atoms with Gasteiger partial charge in [-0.1, -0.05) is 182 Å². The lowest BCUT2D eigenvalue weighted by molar-refractivity contribution is 0.763. The summed E-state index contributed by atoms with van der Waals surface area (Å²) in [6.07, 6.45) is 25.1. The van der Waals surface area contributed by atoms with Crippen LogP contribution < -0.4 is 15.5 Å². The standard InChI is InChI=1S/C64H49N5/c1-5-19-44(20-6-1)61-65-62(45-21-7-2-8-22-45)67-63(66-61)46-33-42-54-53-27-13-16-30-57(53)64(58(54)43-46,47-34-38-51(39-35-47)68(49-23-9-3-10-24-49)50-25-11-4-12-26-50)48-36-40-52(41-37-48)69-59-31-17-14-28-55(59)56-29-15-18-32-60(56)69/h1-7,9-14,16-17,19-21,23-25,27-43,50H,8,15,18,22,26H2. The normalized spacial score (nSPS) is 17.6. The van der Waals surface area contributed by atoms with Gasteiger partial charge in [-0.15, -0.1) is 0 Å². The minimum absolute atomic E-state index is 0.192. The zero-order valence-electron chi connectivity index (χ0n) is 38.3. The highest BCUT2D eigenvalue weighted by Crippen LogP contribution is 2.57. The summed E-state index contributed by atoms with van der Waals surface area (Å²) in [5.74, 6) is 2.07. The van der Waals surface area contributed by atoms with Crippen molar-refractivity contribution in [1.82, 2.24) is 19.5 Å². The number of aromatic nitrogens is 4. The predicted molar refractivity (Wildman–Crippen MR) is 284 cm³/mol. The van der Waals surface area contributed by atoms with Crippen LogP contribution in [0.3, 0.4) is 0 Å². The SMILES string of the molecule is C1=CCCC(c2nc(-c3ccccc3)nc(-c3ccc4c(c3)C(c3ccc(N(c5ccccc5)C5C=CC=CC5)cc3)(c3ccc(-n5c6c(c7ccccc75)=CCCC=6)cc3)c3ccccc3-4)n2)=C1. The number of para-hydroxylation sites is 2. The second-order valence-electron chi connectivity index (χ2n) is 18.4. The fraction of sp³-hybridized carbons (Fsp3) is 0.109. The third-order valence-electron chi connectivity index (χ3n) is 14.5. The van der Waals surface area contributed by atoms with E-state index in [9.17, 15) is 0 Å². The first-order valence-electron chi connectivity index (χ1n) is 24.3. The Kier molecular flexibility index (Phi) is 10.1. The average Bonchev–Trinajstić information content (AvgIpc) is 3.93. The molecule has 7 aromatic carbocycles. The molecule has 0 fully saturated rings. The van der Waals surface area contributed by atoms with Crippen molar-refractivity contribution in [2.75, 3.05) is 4.90 Å². The fourth-order valence-corrected chi connectivity index (χ4v) is 11.4. The van der Waals surface area contributed by atoms with Gasteiger partial charge in [0, 0.05) is 44.1 Å². The molecule has 0 radical (unpaired) electrons. The third-order valence-corrected chi connectivity index (χ3v) is 14.5. The molecule has 0 bridgehead atoms. The highest BCUT2D eigenvalue weighted by molar-refractivity contribution is 5.89. The first-order chi connectivity index (χ1) is 34.2. The van der Waals surface area contributed by atoms with Crippen molar-refractivity contribution >= 4 is 40.0 Å². The van der Waals surface area contributed by atoms with E-state index in [1.165, 1.54) is 60.5 Å². The molecule has 2 unspecified atom stereocenters. The zero-order valence-corrected chi connectivity index (χ0v) is 38.3. The first kappa shape index (κ1) is 40.8. The van der Waals surface area contributed by atoms with Crippen LogP contribution in [0, 0.1) is 0 Å². The first-order valence-corrected chi connectivity index (χ1v) is 24.3. The van der Waals surface area contributed by atoms with Crippen molar-refractivity contribution in [3.05, 3.63) is 257 Å². The maximum atomic E-state index is 5.28. The lowest BCUT2D eigenvalue weighted by Gasteiger charge is -2.36. The van der Waals surface area contributed by atoms with E-state index in [2.05, 4.69) is 222 Å². The van der Waals surface area contributed by atoms with Crippen LogP contribution in [0.4, 0.5) is 11.4 Å². The van der Waals surface area contributed by atoms with Crippen molar-refractivity contribution in [2.24, 2.45) is 0 Å². The van der Waals surface area contributed by atoms with Gasteiger partial charge < -0.3 is 9.47 Å². The fourth-order valence-electron chi connectivity index (χ4n) is 11.4. The third kappa shape index (κ3) is 6.87. The Morgan fingerprint density at radius 2 is 1.20 bits per heavy atom. The van der Waals surface area contributed by atoms with Gasteiger partial charge in [-0.25, -0.2) is 15.0 Å². The summed E-state index contributed by atoms with van der Waals surface area (Å²) >= 11 is 0. The number of benzene rings is 7. The van der Waals surface area contributed by atoms with Gasteiger partial charge in [0.1, 0.15) is 0 Å². The molecule has 2 atom stereocenters. The van der Waals surface area contributed by atoms with Crippen LogP contribution in [0.15, 0.2) is 218 Å². The summed E-state index contributed by atoms with van der Waals surface area (Å²) in [5, 5.41) is 3.91. The molecule has 4 aliphatic rings. The summed E-state index contributed by atoms with van der Waals surface area (Å²) in [4.78, 5) is 18.1. The highest BCUT2D eigenvalue weighted by Gasteiger charge is 2.46. The zero-order chi connectivity index (χ0) is 45.7. The number of rotatable bonds is 9. The molecule has 5 nitrogen and oxygen atoms in total. The maximum Gasteiger partial charge on any atom is 0.164 e. The molecule has 2 aromatic heterocycles. The van der Waals surface area contributed by atoms with Crippen LogP contribution >= 0.6 is 0 Å². The highest BCUT2D eigenvalue weighted by atomic mass is 15.2. The van der Waals surface area contributed by atoms with Crippen LogP contribution in [0.1, 0.15) is 60.2 Å². The summed E-state index contributed by atoms with van der Waals surface area (Å²) in [6.45, 7) is 0. The number of allylic oxidation sites excluding steroid dienone is 6. The van der Waals surface area contributed by atoms with Gasteiger partial charge in [0.2, 0.25) is 0 Å². The summed E-state index contributed by atoms with van der Waals surface area (Å²) < 4.78 is 2.45. The smallest absolute Gasteiger partial charge is 0.164 e. The van der Waals surface area contributed by atoms with Crippen molar-refractivity contribution in [1.29, 1.82) is 0 Å². The van der Waals surface area contributed by atoms with Crippen LogP contribution in [0.25, 0.3) is 68.2 Å². The molecule has 5 heteroatoms. The van der Waals surface area contributed by atoms with Crippen molar-refractivity contribution in [3.8, 4) is 39.6 Å². The van der Waals surface area contributed by atoms with E-state index in [-0.39, 0.29) is 6.04 Å². The Hall–Kier alpha value is -8.41. The summed E-state index contributed by atoms with van der Waals surface area (Å²) in [6, 6.07) is 64.8. The Morgan fingerprint density at radius 3 is 1.99 bits per heavy atom. The van der Waals surface area contributed by atoms with E-state index in [4.69, 9.17) is 15.0 Å². The Bertz CT molecular complexity index is 3690. The van der Waals surface area contributed by atoms with Gasteiger partial charge in [-0.3, -0.25) is 0 Å². The number of anilines is 2. The van der Waals surface area contributed by atoms with E-state index >= 15 is 0 Å². The van der Waals surface area contributed by atoms with Crippen LogP contribution in [-0.4, -0.2) is 25.6 Å². The van der Waals surface area contributed by atoms with Gasteiger partial charge in [-0.05, 0) is 120 Å². The van der Waals surface area contributed by atoms with E-state index in [1.54, 1.807) is 0 Å². The molecule has 4 aliphatic carbocycles. The van der Waals surface area contributed by atoms with Gasteiger partial charge >= 0.3 is 0 Å². The van der Waals surface area contributed by atoms with E-state index in [0.29, 0.717) is 11.6 Å². The molecule has 0 aliphatic heterocycles. The van der Waals surface area contributed by atoms with Crippen molar-refractivity contribution in [2.45, 2.75) is 43.6 Å². The second-order valence-corrected chi connectivity index (χ2v) is 18.4. The maximum absolute atomic E-state index is 5.28. The van der Waals surface area contributed by atoms with Gasteiger partial charge in [0.25, 0.3) is 0 Å². The summed E-state index contributed by atoms with van der Waals surface area (Å²) in [7, 11) is 0. The molecule has 69 heavy (non-hydrogen) atoms. The quantitative estimate of drug-likeness (QED) is 0.145. The number of hydrogen-bond acceptors (Lipinski definition) is 4. The Morgan fingerprint density at radius 1 is 0.522 bits per heavy atom. The molecule has 0 saturated heterocycles. The minimum Gasteiger partial charge on any atom is -0.334 e. The van der Waals surface area contributed by atoms with Gasteiger partial charge in [-0.2, -0.15) is 0 Å². The van der Waals surface area contributed by atoms with Crippen molar-refractivity contribution in [3.63, 3.8) is 0 Å². The van der Waals surface area contributed by atoms with Crippen LogP contribution in [0.5, 0.6) is 0 Å². The van der Waals surface area contributed by atoms with E-state index < -0.39 is 5.41 Å². The molecule has 13 rings (SSSR count). The molecular formula is C64H49N5. The topological polar surface area (TPSA) is 46.8 Å². The minimum atomic E-state index is -0.684. The number of fused-ring (bicyclic) bond motifs is 6. The van der Waals surface area contributed by atoms with Crippen LogP contribution in [-0.2, 0) is 5.41 Å². The van der Waals surface area contributed by atoms with Crippen molar-refractivity contribution < 1.29 is 0 Å². The lowest BCUT2D eigenvalue weighted by Crippen LogP contribution is -2.31. The van der Waals surface area contributed by atoms with E-state index in [1.807, 2.05) is 18.2 Å². The monoisotopic (exact) mass is 887 g/mol. The second kappa shape index (κ2) is 17.0. The largest absolute Gasteiger partial charge is 0.334 e. The van der Waals surface area contributed by atoms with Gasteiger partial charge in [0.05, 0.1) is 17.0 Å². The lowest BCUT2D eigenvalue weighted by atomic mass is 9.67. The summed E-state index contributed by atoms with van der Waals surface area (Å²) in [5.41, 5.74) is 14.4. The molecule has 0 N–H and O–H groups in total. The number of nitrogens with zero attached hydrogens (tertiary/aromatic N) is 5. The molecule has 0 amide bonds. The number of hydrogen-bond donors (Lipinski definition) is 0.